The summed E-state index contributed by atoms with van der Waals surface area (Å²) in [5.41, 5.74) is 0. The highest BCUT2D eigenvalue weighted by atomic mass is 16.5. The lowest BCUT2D eigenvalue weighted by Crippen LogP contribution is -2.26. The molecule has 4 nitrogen and oxygen atoms in total. The van der Waals surface area contributed by atoms with Crippen LogP contribution in [0.15, 0.2) is 0 Å². The summed E-state index contributed by atoms with van der Waals surface area (Å²) in [6.45, 7) is 3.66. The lowest BCUT2D eigenvalue weighted by atomic mass is 10.1. The first-order chi connectivity index (χ1) is 6.58. The van der Waals surface area contributed by atoms with E-state index in [0.29, 0.717) is 19.3 Å². The van der Waals surface area contributed by atoms with Crippen molar-refractivity contribution in [1.29, 1.82) is 0 Å². The van der Waals surface area contributed by atoms with Gasteiger partial charge in [0.25, 0.3) is 0 Å². The Morgan fingerprint density at radius 1 is 1.64 bits per heavy atom. The summed E-state index contributed by atoms with van der Waals surface area (Å²) in [5.74, 6) is -0.0895. The van der Waals surface area contributed by atoms with E-state index in [1.807, 2.05) is 13.8 Å². The smallest absolute Gasteiger partial charge is 0.306 e. The van der Waals surface area contributed by atoms with Crippen LogP contribution < -0.4 is 5.32 Å². The molecule has 1 fully saturated rings. The molecular weight excluding hydrogens is 182 g/mol. The quantitative estimate of drug-likeness (QED) is 0.687. The molecule has 0 radical (unpaired) electrons. The normalized spacial score (nSPS) is 21.1. The van der Waals surface area contributed by atoms with Gasteiger partial charge in [-0.2, -0.15) is 0 Å². The number of amides is 1. The molecule has 1 unspecified atom stereocenters. The van der Waals surface area contributed by atoms with E-state index in [-0.39, 0.29) is 24.0 Å². The van der Waals surface area contributed by atoms with E-state index in [9.17, 15) is 9.59 Å². The summed E-state index contributed by atoms with van der Waals surface area (Å²) in [5, 5.41) is 2.82. The van der Waals surface area contributed by atoms with Gasteiger partial charge in [-0.3, -0.25) is 9.59 Å². The zero-order valence-corrected chi connectivity index (χ0v) is 8.71. The standard InChI is InChI=1S/C10H17NO3/c1-7(2)14-10(13)6-4-8-3-5-9(12)11-8/h7-8H,3-6H2,1-2H3,(H,11,12). The highest BCUT2D eigenvalue weighted by Crippen LogP contribution is 2.12. The summed E-state index contributed by atoms with van der Waals surface area (Å²) >= 11 is 0. The average molecular weight is 199 g/mol. The highest BCUT2D eigenvalue weighted by Gasteiger charge is 2.21. The first-order valence-corrected chi connectivity index (χ1v) is 5.07. The van der Waals surface area contributed by atoms with Gasteiger partial charge in [-0.25, -0.2) is 0 Å². The third kappa shape index (κ3) is 3.77. The summed E-state index contributed by atoms with van der Waals surface area (Å²) in [6, 6.07) is 0.169. The minimum atomic E-state index is -0.179. The Kier molecular flexibility index (Phi) is 3.92. The van der Waals surface area contributed by atoms with Gasteiger partial charge in [0.1, 0.15) is 0 Å². The monoisotopic (exact) mass is 199 g/mol. The number of ether oxygens (including phenoxy) is 1. The molecule has 0 spiro atoms. The van der Waals surface area contributed by atoms with E-state index in [1.54, 1.807) is 0 Å². The molecule has 4 heteroatoms. The van der Waals surface area contributed by atoms with E-state index < -0.39 is 0 Å². The average Bonchev–Trinajstić information content (AvgIpc) is 2.47. The number of rotatable bonds is 4. The van der Waals surface area contributed by atoms with Crippen molar-refractivity contribution >= 4 is 11.9 Å². The topological polar surface area (TPSA) is 55.4 Å². The van der Waals surface area contributed by atoms with Crippen molar-refractivity contribution in [3.63, 3.8) is 0 Å². The molecule has 1 heterocycles. The van der Waals surface area contributed by atoms with Crippen LogP contribution in [0.2, 0.25) is 0 Å². The molecule has 80 valence electrons. The van der Waals surface area contributed by atoms with Crippen LogP contribution in [0, 0.1) is 0 Å². The van der Waals surface area contributed by atoms with Crippen LogP contribution >= 0.6 is 0 Å². The molecule has 1 rings (SSSR count). The Labute approximate surface area is 84.0 Å². The molecule has 14 heavy (non-hydrogen) atoms. The number of hydrogen-bond acceptors (Lipinski definition) is 3. The van der Waals surface area contributed by atoms with Crippen molar-refractivity contribution in [2.45, 2.75) is 51.7 Å². The second-order valence-electron chi connectivity index (χ2n) is 3.88. The Morgan fingerprint density at radius 3 is 2.86 bits per heavy atom. The minimum Gasteiger partial charge on any atom is -0.463 e. The molecular formula is C10H17NO3. The minimum absolute atomic E-state index is 0.0549. The Morgan fingerprint density at radius 2 is 2.36 bits per heavy atom. The van der Waals surface area contributed by atoms with E-state index >= 15 is 0 Å². The molecule has 1 saturated heterocycles. The van der Waals surface area contributed by atoms with E-state index in [4.69, 9.17) is 4.74 Å². The third-order valence-corrected chi connectivity index (χ3v) is 2.15. The molecule has 1 aliphatic heterocycles. The third-order valence-electron chi connectivity index (χ3n) is 2.15. The van der Waals surface area contributed by atoms with Crippen LogP contribution in [0.5, 0.6) is 0 Å². The fourth-order valence-electron chi connectivity index (χ4n) is 1.51. The SMILES string of the molecule is CC(C)OC(=O)CCC1CCC(=O)N1. The summed E-state index contributed by atoms with van der Waals surface area (Å²) in [7, 11) is 0. The lowest BCUT2D eigenvalue weighted by molar-refractivity contribution is -0.147. The molecule has 0 aliphatic carbocycles. The van der Waals surface area contributed by atoms with Crippen molar-refractivity contribution in [1.82, 2.24) is 5.32 Å². The summed E-state index contributed by atoms with van der Waals surface area (Å²) < 4.78 is 4.99. The van der Waals surface area contributed by atoms with Crippen molar-refractivity contribution in [3.05, 3.63) is 0 Å². The molecule has 0 bridgehead atoms. The van der Waals surface area contributed by atoms with Crippen LogP contribution in [0.4, 0.5) is 0 Å². The fourth-order valence-corrected chi connectivity index (χ4v) is 1.51. The summed E-state index contributed by atoms with van der Waals surface area (Å²) in [6.07, 6.45) is 2.46. The molecule has 0 aromatic rings. The number of esters is 1. The molecule has 1 aliphatic rings. The zero-order chi connectivity index (χ0) is 10.6. The summed E-state index contributed by atoms with van der Waals surface area (Å²) in [4.78, 5) is 22.0. The largest absolute Gasteiger partial charge is 0.463 e. The molecule has 1 N–H and O–H groups in total. The zero-order valence-electron chi connectivity index (χ0n) is 8.71. The second kappa shape index (κ2) is 4.98. The molecule has 0 aromatic carbocycles. The number of nitrogens with one attached hydrogen (secondary N) is 1. The fraction of sp³-hybridized carbons (Fsp3) is 0.800. The Bertz CT molecular complexity index is 225. The van der Waals surface area contributed by atoms with Gasteiger partial charge in [-0.1, -0.05) is 0 Å². The van der Waals surface area contributed by atoms with Crippen molar-refractivity contribution in [2.24, 2.45) is 0 Å². The second-order valence-corrected chi connectivity index (χ2v) is 3.88. The lowest BCUT2D eigenvalue weighted by Gasteiger charge is -2.10. The maximum absolute atomic E-state index is 11.2. The van der Waals surface area contributed by atoms with Gasteiger partial charge in [-0.05, 0) is 26.7 Å². The van der Waals surface area contributed by atoms with Crippen LogP contribution in [-0.2, 0) is 14.3 Å². The number of carbonyl (C=O) groups excluding carboxylic acids is 2. The molecule has 1 atom stereocenters. The molecule has 0 aromatic heterocycles. The van der Waals surface area contributed by atoms with Crippen LogP contribution in [0.3, 0.4) is 0 Å². The number of hydrogen-bond donors (Lipinski definition) is 1. The van der Waals surface area contributed by atoms with E-state index in [1.165, 1.54) is 0 Å². The first kappa shape index (κ1) is 11.0. The van der Waals surface area contributed by atoms with E-state index in [2.05, 4.69) is 5.32 Å². The van der Waals surface area contributed by atoms with Gasteiger partial charge in [-0.15, -0.1) is 0 Å². The maximum Gasteiger partial charge on any atom is 0.306 e. The maximum atomic E-state index is 11.2. The highest BCUT2D eigenvalue weighted by molar-refractivity contribution is 5.78. The van der Waals surface area contributed by atoms with Crippen LogP contribution in [-0.4, -0.2) is 24.0 Å². The van der Waals surface area contributed by atoms with Gasteiger partial charge < -0.3 is 10.1 Å². The molecule has 1 amide bonds. The predicted molar refractivity (Wildman–Crippen MR) is 51.6 cm³/mol. The Balaban J connectivity index is 2.14. The van der Waals surface area contributed by atoms with Gasteiger partial charge >= 0.3 is 5.97 Å². The van der Waals surface area contributed by atoms with Crippen LogP contribution in [0.1, 0.15) is 39.5 Å². The van der Waals surface area contributed by atoms with Gasteiger partial charge in [0.2, 0.25) is 5.91 Å². The van der Waals surface area contributed by atoms with Crippen LogP contribution in [0.25, 0.3) is 0 Å². The van der Waals surface area contributed by atoms with Crippen molar-refractivity contribution < 1.29 is 14.3 Å². The van der Waals surface area contributed by atoms with Crippen molar-refractivity contribution in [3.8, 4) is 0 Å². The molecule has 0 saturated carbocycles. The van der Waals surface area contributed by atoms with Gasteiger partial charge in [0.15, 0.2) is 0 Å². The predicted octanol–water partition coefficient (Wildman–Crippen LogP) is 0.997. The van der Waals surface area contributed by atoms with Gasteiger partial charge in [0, 0.05) is 18.9 Å². The Hall–Kier alpha value is -1.06. The van der Waals surface area contributed by atoms with Crippen molar-refractivity contribution in [2.75, 3.05) is 0 Å². The van der Waals surface area contributed by atoms with Gasteiger partial charge in [0.05, 0.1) is 6.10 Å². The van der Waals surface area contributed by atoms with E-state index in [0.717, 1.165) is 6.42 Å². The number of carbonyl (C=O) groups is 2. The first-order valence-electron chi connectivity index (χ1n) is 5.07.